The maximum absolute atomic E-state index is 13.7. The van der Waals surface area contributed by atoms with Crippen LogP contribution in [0.5, 0.6) is 0 Å². The highest BCUT2D eigenvalue weighted by molar-refractivity contribution is 5.91. The van der Waals surface area contributed by atoms with E-state index < -0.39 is 11.6 Å². The van der Waals surface area contributed by atoms with Gasteiger partial charge in [0.25, 0.3) is 0 Å². The molecule has 4 N–H and O–H groups in total. The second kappa shape index (κ2) is 4.24. The number of hydrogen-bond donors (Lipinski definition) is 3. The highest BCUT2D eigenvalue weighted by Crippen LogP contribution is 2.28. The number of rotatable bonds is 2. The van der Waals surface area contributed by atoms with Crippen molar-refractivity contribution in [2.24, 2.45) is 0 Å². The molecule has 0 fully saturated rings. The van der Waals surface area contributed by atoms with E-state index in [4.69, 9.17) is 5.73 Å². The van der Waals surface area contributed by atoms with Crippen LogP contribution in [0.15, 0.2) is 36.7 Å². The summed E-state index contributed by atoms with van der Waals surface area (Å²) in [6.45, 7) is 0. The number of nitrogens with one attached hydrogen (secondary N) is 2. The molecule has 6 heteroatoms. The number of nitrogen functional groups attached to an aromatic ring is 1. The molecule has 2 aromatic heterocycles. The number of aromatic nitrogens is 2. The van der Waals surface area contributed by atoms with E-state index in [0.29, 0.717) is 22.4 Å². The van der Waals surface area contributed by atoms with Crippen molar-refractivity contribution >= 4 is 28.1 Å². The van der Waals surface area contributed by atoms with E-state index in [1.165, 1.54) is 24.5 Å². The Labute approximate surface area is 107 Å². The molecular weight excluding hydrogens is 250 g/mol. The molecule has 0 unspecified atom stereocenters. The van der Waals surface area contributed by atoms with Gasteiger partial charge in [-0.05, 0) is 24.3 Å². The normalized spacial score (nSPS) is 10.8. The summed E-state index contributed by atoms with van der Waals surface area (Å²) in [5.74, 6) is -0.942. The van der Waals surface area contributed by atoms with Crippen LogP contribution in [0, 0.1) is 11.6 Å². The molecule has 0 atom stereocenters. The number of anilines is 3. The first-order chi connectivity index (χ1) is 9.15. The van der Waals surface area contributed by atoms with Gasteiger partial charge < -0.3 is 16.0 Å². The number of halogens is 2. The molecule has 1 aromatic carbocycles. The molecule has 0 spiro atoms. The second-order valence-corrected chi connectivity index (χ2v) is 4.08. The Morgan fingerprint density at radius 3 is 2.74 bits per heavy atom. The third-order valence-electron chi connectivity index (χ3n) is 2.79. The van der Waals surface area contributed by atoms with Crippen molar-refractivity contribution < 1.29 is 8.78 Å². The molecule has 0 aliphatic heterocycles. The monoisotopic (exact) mass is 260 g/mol. The quantitative estimate of drug-likeness (QED) is 0.620. The molecular formula is C13H10F2N4. The van der Waals surface area contributed by atoms with Crippen LogP contribution < -0.4 is 11.1 Å². The van der Waals surface area contributed by atoms with Gasteiger partial charge in [0.05, 0.1) is 16.8 Å². The van der Waals surface area contributed by atoms with Crippen molar-refractivity contribution in [3.63, 3.8) is 0 Å². The van der Waals surface area contributed by atoms with Gasteiger partial charge in [0.2, 0.25) is 0 Å². The molecule has 0 saturated heterocycles. The van der Waals surface area contributed by atoms with Crippen molar-refractivity contribution in [1.29, 1.82) is 0 Å². The Kier molecular flexibility index (Phi) is 2.56. The van der Waals surface area contributed by atoms with E-state index in [-0.39, 0.29) is 5.69 Å². The van der Waals surface area contributed by atoms with Gasteiger partial charge in [-0.3, -0.25) is 0 Å². The van der Waals surface area contributed by atoms with E-state index in [2.05, 4.69) is 15.3 Å². The minimum atomic E-state index is -0.499. The largest absolute Gasteiger partial charge is 0.399 e. The maximum atomic E-state index is 13.7. The molecule has 0 amide bonds. The summed E-state index contributed by atoms with van der Waals surface area (Å²) in [6.07, 6.45) is 2.72. The van der Waals surface area contributed by atoms with E-state index in [1.54, 1.807) is 12.1 Å². The Morgan fingerprint density at radius 2 is 1.95 bits per heavy atom. The molecule has 2 heterocycles. The predicted molar refractivity (Wildman–Crippen MR) is 70.1 cm³/mol. The number of fused-ring (bicyclic) bond motifs is 1. The lowest BCUT2D eigenvalue weighted by Gasteiger charge is -2.09. The maximum Gasteiger partial charge on any atom is 0.152 e. The Hall–Kier alpha value is -2.63. The minimum absolute atomic E-state index is 0.224. The van der Waals surface area contributed by atoms with Crippen LogP contribution in [0.1, 0.15) is 0 Å². The number of pyridine rings is 1. The zero-order valence-corrected chi connectivity index (χ0v) is 9.74. The SMILES string of the molecule is Nc1ccc(Nc2ccnc3[nH]cc(F)c23)c(F)c1. The standard InChI is InChI=1S/C13H10F2N4/c14-8-5-7(16)1-2-10(8)19-11-3-4-17-13-12(11)9(15)6-18-13/h1-6H,16H2,(H2,17,18,19). The van der Waals surface area contributed by atoms with Crippen LogP contribution in [0.4, 0.5) is 25.8 Å². The third kappa shape index (κ3) is 1.97. The molecule has 96 valence electrons. The first kappa shape index (κ1) is 11.5. The number of aromatic amines is 1. The smallest absolute Gasteiger partial charge is 0.152 e. The van der Waals surface area contributed by atoms with Crippen molar-refractivity contribution in [1.82, 2.24) is 9.97 Å². The molecule has 0 radical (unpaired) electrons. The van der Waals surface area contributed by atoms with Crippen LogP contribution >= 0.6 is 0 Å². The van der Waals surface area contributed by atoms with Gasteiger partial charge in [0.1, 0.15) is 11.5 Å². The van der Waals surface area contributed by atoms with E-state index in [1.807, 2.05) is 0 Å². The van der Waals surface area contributed by atoms with Gasteiger partial charge in [-0.1, -0.05) is 0 Å². The summed E-state index contributed by atoms with van der Waals surface area (Å²) in [5, 5.41) is 3.13. The number of nitrogens with two attached hydrogens (primary N) is 1. The summed E-state index contributed by atoms with van der Waals surface area (Å²) in [7, 11) is 0. The van der Waals surface area contributed by atoms with Gasteiger partial charge in [0.15, 0.2) is 5.82 Å². The van der Waals surface area contributed by atoms with Gasteiger partial charge >= 0.3 is 0 Å². The van der Waals surface area contributed by atoms with Crippen molar-refractivity contribution in [3.8, 4) is 0 Å². The van der Waals surface area contributed by atoms with E-state index in [9.17, 15) is 8.78 Å². The lowest BCUT2D eigenvalue weighted by molar-refractivity contribution is 0.632. The number of H-pyrrole nitrogens is 1. The topological polar surface area (TPSA) is 66.7 Å². The van der Waals surface area contributed by atoms with Crippen LogP contribution in [-0.4, -0.2) is 9.97 Å². The Balaban J connectivity index is 2.08. The number of hydrogen-bond acceptors (Lipinski definition) is 3. The first-order valence-electron chi connectivity index (χ1n) is 5.59. The van der Waals surface area contributed by atoms with Gasteiger partial charge in [-0.15, -0.1) is 0 Å². The van der Waals surface area contributed by atoms with E-state index >= 15 is 0 Å². The fourth-order valence-corrected chi connectivity index (χ4v) is 1.90. The molecule has 3 rings (SSSR count). The zero-order valence-electron chi connectivity index (χ0n) is 9.74. The van der Waals surface area contributed by atoms with Crippen LogP contribution in [0.25, 0.3) is 11.0 Å². The average Bonchev–Trinajstić information content (AvgIpc) is 2.76. The first-order valence-corrected chi connectivity index (χ1v) is 5.59. The summed E-state index contributed by atoms with van der Waals surface area (Å²) in [5.41, 5.74) is 6.87. The number of nitrogens with zero attached hydrogens (tertiary/aromatic N) is 1. The third-order valence-corrected chi connectivity index (χ3v) is 2.79. The molecule has 0 aliphatic rings. The summed E-state index contributed by atoms with van der Waals surface area (Å²) < 4.78 is 27.4. The average molecular weight is 260 g/mol. The second-order valence-electron chi connectivity index (χ2n) is 4.08. The van der Waals surface area contributed by atoms with Crippen LogP contribution in [0.3, 0.4) is 0 Å². The van der Waals surface area contributed by atoms with Gasteiger partial charge in [-0.2, -0.15) is 0 Å². The van der Waals surface area contributed by atoms with Crippen LogP contribution in [-0.2, 0) is 0 Å². The molecule has 0 bridgehead atoms. The molecule has 0 saturated carbocycles. The Bertz CT molecular complexity index is 751. The summed E-state index contributed by atoms with van der Waals surface area (Å²) in [4.78, 5) is 6.69. The lowest BCUT2D eigenvalue weighted by atomic mass is 10.2. The van der Waals surface area contributed by atoms with Crippen LogP contribution in [0.2, 0.25) is 0 Å². The number of benzene rings is 1. The minimum Gasteiger partial charge on any atom is -0.399 e. The summed E-state index contributed by atoms with van der Waals surface area (Å²) >= 11 is 0. The van der Waals surface area contributed by atoms with E-state index in [0.717, 1.165) is 0 Å². The van der Waals surface area contributed by atoms with Crippen molar-refractivity contribution in [2.75, 3.05) is 11.1 Å². The predicted octanol–water partition coefficient (Wildman–Crippen LogP) is 3.17. The summed E-state index contributed by atoms with van der Waals surface area (Å²) in [6, 6.07) is 5.85. The highest BCUT2D eigenvalue weighted by Gasteiger charge is 2.11. The lowest BCUT2D eigenvalue weighted by Crippen LogP contribution is -1.96. The molecule has 19 heavy (non-hydrogen) atoms. The molecule has 0 aliphatic carbocycles. The fourth-order valence-electron chi connectivity index (χ4n) is 1.90. The highest BCUT2D eigenvalue weighted by atomic mass is 19.1. The van der Waals surface area contributed by atoms with Gasteiger partial charge in [-0.25, -0.2) is 13.8 Å². The van der Waals surface area contributed by atoms with Crippen molar-refractivity contribution in [3.05, 3.63) is 48.3 Å². The van der Waals surface area contributed by atoms with Gasteiger partial charge in [0, 0.05) is 18.1 Å². The van der Waals surface area contributed by atoms with Crippen molar-refractivity contribution in [2.45, 2.75) is 0 Å². The Morgan fingerprint density at radius 1 is 1.11 bits per heavy atom. The zero-order chi connectivity index (χ0) is 13.4. The fraction of sp³-hybridized carbons (Fsp3) is 0. The molecule has 4 nitrogen and oxygen atoms in total. The molecule has 3 aromatic rings.